The highest BCUT2D eigenvalue weighted by Crippen LogP contribution is 2.34. The van der Waals surface area contributed by atoms with Crippen molar-refractivity contribution in [1.82, 2.24) is 20.0 Å². The molecule has 0 bridgehead atoms. The van der Waals surface area contributed by atoms with Gasteiger partial charge < -0.3 is 15.0 Å². The van der Waals surface area contributed by atoms with E-state index >= 15 is 0 Å². The molecule has 0 radical (unpaired) electrons. The summed E-state index contributed by atoms with van der Waals surface area (Å²) in [5, 5.41) is 7.27. The average molecular weight is 314 g/mol. The van der Waals surface area contributed by atoms with Crippen molar-refractivity contribution in [3.05, 3.63) is 47.3 Å². The fourth-order valence-corrected chi connectivity index (χ4v) is 2.92. The fourth-order valence-electron chi connectivity index (χ4n) is 2.92. The van der Waals surface area contributed by atoms with Crippen molar-refractivity contribution in [3.63, 3.8) is 0 Å². The monoisotopic (exact) mass is 314 g/mol. The number of benzene rings is 1. The van der Waals surface area contributed by atoms with Gasteiger partial charge in [-0.05, 0) is 31.0 Å². The molecule has 1 aromatic carbocycles. The third kappa shape index (κ3) is 3.16. The first-order chi connectivity index (χ1) is 11.1. The number of nitrogens with one attached hydrogen (secondary N) is 1. The van der Waals surface area contributed by atoms with Crippen LogP contribution in [0, 0.1) is 6.92 Å². The maximum absolute atomic E-state index is 12.4. The fraction of sp³-hybridized carbons (Fsp3) is 0.412. The van der Waals surface area contributed by atoms with E-state index in [1.54, 1.807) is 11.8 Å². The minimum absolute atomic E-state index is 0.0349. The molecule has 1 aliphatic heterocycles. The summed E-state index contributed by atoms with van der Waals surface area (Å²) in [5.41, 5.74) is 3.10. The van der Waals surface area contributed by atoms with Crippen LogP contribution < -0.4 is 10.1 Å². The molecule has 1 aromatic heterocycles. The lowest BCUT2D eigenvalue weighted by molar-refractivity contribution is 0.115. The summed E-state index contributed by atoms with van der Waals surface area (Å²) in [6.07, 6.45) is 2.91. The number of amides is 2. The van der Waals surface area contributed by atoms with Crippen molar-refractivity contribution in [2.45, 2.75) is 25.9 Å². The van der Waals surface area contributed by atoms with E-state index in [0.717, 1.165) is 35.5 Å². The summed E-state index contributed by atoms with van der Waals surface area (Å²) >= 11 is 0. The van der Waals surface area contributed by atoms with Gasteiger partial charge in [-0.25, -0.2) is 4.79 Å². The number of hydrogen-bond donors (Lipinski definition) is 1. The van der Waals surface area contributed by atoms with Gasteiger partial charge in [0.05, 0.1) is 18.8 Å². The standard InChI is InChI=1S/C17H22N4O2/c1-12-14(11-20(2)19-12)10-18-17(22)21-8-7-16(21)13-5-4-6-15(9-13)23-3/h4-6,9,11,16H,7-8,10H2,1-3H3,(H,18,22)/t16-/m1/s1. The van der Waals surface area contributed by atoms with Gasteiger partial charge in [0.1, 0.15) is 5.75 Å². The molecule has 1 atom stereocenters. The average Bonchev–Trinajstić information content (AvgIpc) is 2.82. The van der Waals surface area contributed by atoms with Crippen molar-refractivity contribution in [2.75, 3.05) is 13.7 Å². The van der Waals surface area contributed by atoms with Crippen molar-refractivity contribution in [3.8, 4) is 5.75 Å². The van der Waals surface area contributed by atoms with E-state index in [9.17, 15) is 4.79 Å². The molecule has 2 amide bonds. The summed E-state index contributed by atoms with van der Waals surface area (Å²) in [5.74, 6) is 0.820. The summed E-state index contributed by atoms with van der Waals surface area (Å²) in [7, 11) is 3.53. The van der Waals surface area contributed by atoms with Crippen LogP contribution in [0.1, 0.15) is 29.3 Å². The molecule has 2 heterocycles. The quantitative estimate of drug-likeness (QED) is 0.942. The number of rotatable bonds is 4. The van der Waals surface area contributed by atoms with E-state index in [0.29, 0.717) is 6.54 Å². The Balaban J connectivity index is 1.62. The van der Waals surface area contributed by atoms with Gasteiger partial charge in [-0.2, -0.15) is 5.10 Å². The number of methoxy groups -OCH3 is 1. The predicted octanol–water partition coefficient (Wildman–Crippen LogP) is 2.39. The van der Waals surface area contributed by atoms with E-state index in [-0.39, 0.29) is 12.1 Å². The Labute approximate surface area is 136 Å². The lowest BCUT2D eigenvalue weighted by Gasteiger charge is -2.41. The molecule has 1 saturated heterocycles. The molecule has 0 saturated carbocycles. The molecular weight excluding hydrogens is 292 g/mol. The second-order valence-electron chi connectivity index (χ2n) is 5.85. The second-order valence-corrected chi connectivity index (χ2v) is 5.85. The van der Waals surface area contributed by atoms with Crippen LogP contribution in [0.25, 0.3) is 0 Å². The summed E-state index contributed by atoms with van der Waals surface area (Å²) in [4.78, 5) is 14.3. The molecule has 6 nitrogen and oxygen atoms in total. The first-order valence-electron chi connectivity index (χ1n) is 7.76. The summed E-state index contributed by atoms with van der Waals surface area (Å²) < 4.78 is 7.03. The molecule has 2 aromatic rings. The first kappa shape index (κ1) is 15.4. The molecule has 0 spiro atoms. The van der Waals surface area contributed by atoms with Gasteiger partial charge in [0.15, 0.2) is 0 Å². The van der Waals surface area contributed by atoms with Crippen LogP contribution in [0.3, 0.4) is 0 Å². The zero-order valence-electron chi connectivity index (χ0n) is 13.7. The Bertz CT molecular complexity index is 710. The second kappa shape index (κ2) is 6.32. The number of ether oxygens (including phenoxy) is 1. The van der Waals surface area contributed by atoms with Gasteiger partial charge in [0, 0.05) is 31.9 Å². The Kier molecular flexibility index (Phi) is 4.23. The molecule has 0 aliphatic carbocycles. The number of carbonyl (C=O) groups is 1. The number of carbonyl (C=O) groups excluding carboxylic acids is 1. The Morgan fingerprint density at radius 1 is 1.48 bits per heavy atom. The van der Waals surface area contributed by atoms with Crippen molar-refractivity contribution >= 4 is 6.03 Å². The van der Waals surface area contributed by atoms with Gasteiger partial charge >= 0.3 is 6.03 Å². The molecule has 23 heavy (non-hydrogen) atoms. The van der Waals surface area contributed by atoms with Crippen molar-refractivity contribution in [2.24, 2.45) is 7.05 Å². The van der Waals surface area contributed by atoms with Gasteiger partial charge in [-0.1, -0.05) is 12.1 Å². The number of urea groups is 1. The number of aromatic nitrogens is 2. The van der Waals surface area contributed by atoms with E-state index in [1.165, 1.54) is 0 Å². The van der Waals surface area contributed by atoms with Gasteiger partial charge in [-0.3, -0.25) is 4.68 Å². The maximum Gasteiger partial charge on any atom is 0.318 e. The molecule has 6 heteroatoms. The topological polar surface area (TPSA) is 59.4 Å². The number of aryl methyl sites for hydroxylation is 2. The molecular formula is C17H22N4O2. The molecule has 1 fully saturated rings. The minimum atomic E-state index is -0.0349. The molecule has 122 valence electrons. The lowest BCUT2D eigenvalue weighted by Crippen LogP contribution is -2.49. The van der Waals surface area contributed by atoms with Gasteiger partial charge in [-0.15, -0.1) is 0 Å². The zero-order chi connectivity index (χ0) is 16.4. The van der Waals surface area contributed by atoms with Crippen molar-refractivity contribution < 1.29 is 9.53 Å². The van der Waals surface area contributed by atoms with E-state index < -0.39 is 0 Å². The normalized spacial score (nSPS) is 16.8. The van der Waals surface area contributed by atoms with E-state index in [4.69, 9.17) is 4.74 Å². The number of likely N-dealkylation sites (tertiary alicyclic amines) is 1. The maximum atomic E-state index is 12.4. The minimum Gasteiger partial charge on any atom is -0.497 e. The Morgan fingerprint density at radius 2 is 2.30 bits per heavy atom. The van der Waals surface area contributed by atoms with E-state index in [2.05, 4.69) is 10.4 Å². The highest BCUT2D eigenvalue weighted by atomic mass is 16.5. The Hall–Kier alpha value is -2.50. The molecule has 3 rings (SSSR count). The third-order valence-electron chi connectivity index (χ3n) is 4.30. The van der Waals surface area contributed by atoms with Gasteiger partial charge in [0.2, 0.25) is 0 Å². The summed E-state index contributed by atoms with van der Waals surface area (Å²) in [6, 6.07) is 8.00. The SMILES string of the molecule is COc1cccc([C@H]2CCN2C(=O)NCc2cn(C)nc2C)c1. The molecule has 1 aliphatic rings. The lowest BCUT2D eigenvalue weighted by atomic mass is 9.95. The van der Waals surface area contributed by atoms with Crippen LogP contribution in [-0.2, 0) is 13.6 Å². The van der Waals surface area contributed by atoms with Gasteiger partial charge in [0.25, 0.3) is 0 Å². The largest absolute Gasteiger partial charge is 0.497 e. The van der Waals surface area contributed by atoms with Crippen LogP contribution in [0.2, 0.25) is 0 Å². The number of hydrogen-bond acceptors (Lipinski definition) is 3. The zero-order valence-corrected chi connectivity index (χ0v) is 13.7. The Morgan fingerprint density at radius 3 is 2.91 bits per heavy atom. The molecule has 0 unspecified atom stereocenters. The summed E-state index contributed by atoms with van der Waals surface area (Å²) in [6.45, 7) is 3.23. The van der Waals surface area contributed by atoms with Crippen LogP contribution in [0.4, 0.5) is 4.79 Å². The first-order valence-corrected chi connectivity index (χ1v) is 7.76. The van der Waals surface area contributed by atoms with Crippen LogP contribution in [0.5, 0.6) is 5.75 Å². The van der Waals surface area contributed by atoms with Crippen LogP contribution in [0.15, 0.2) is 30.5 Å². The number of nitrogens with zero attached hydrogens (tertiary/aromatic N) is 3. The van der Waals surface area contributed by atoms with Crippen LogP contribution >= 0.6 is 0 Å². The van der Waals surface area contributed by atoms with Crippen LogP contribution in [-0.4, -0.2) is 34.4 Å². The predicted molar refractivity (Wildman–Crippen MR) is 87.2 cm³/mol. The van der Waals surface area contributed by atoms with E-state index in [1.807, 2.05) is 49.3 Å². The smallest absolute Gasteiger partial charge is 0.318 e. The third-order valence-corrected chi connectivity index (χ3v) is 4.30. The highest BCUT2D eigenvalue weighted by molar-refractivity contribution is 5.75. The highest BCUT2D eigenvalue weighted by Gasteiger charge is 2.33. The molecule has 1 N–H and O–H groups in total. The van der Waals surface area contributed by atoms with Crippen molar-refractivity contribution in [1.29, 1.82) is 0 Å².